The molecule has 0 bridgehead atoms. The Kier molecular flexibility index (Phi) is 4.04. The highest BCUT2D eigenvalue weighted by molar-refractivity contribution is 5.86. The summed E-state index contributed by atoms with van der Waals surface area (Å²) in [7, 11) is 1.54. The third-order valence-electron chi connectivity index (χ3n) is 5.03. The smallest absolute Gasteiger partial charge is 0.352 e. The number of ether oxygens (including phenoxy) is 1. The van der Waals surface area contributed by atoms with E-state index in [-0.39, 0.29) is 19.4 Å². The first kappa shape index (κ1) is 16.2. The van der Waals surface area contributed by atoms with Crippen LogP contribution >= 0.6 is 0 Å². The number of carbonyl (C=O) groups excluding carboxylic acids is 1. The lowest BCUT2D eigenvalue weighted by atomic mass is 9.75. The van der Waals surface area contributed by atoms with E-state index in [9.17, 15) is 18.7 Å². The summed E-state index contributed by atoms with van der Waals surface area (Å²) < 4.78 is 34.1. The maximum absolute atomic E-state index is 14.5. The van der Waals surface area contributed by atoms with E-state index in [4.69, 9.17) is 4.74 Å². The van der Waals surface area contributed by atoms with Crippen LogP contribution in [0.15, 0.2) is 24.3 Å². The first-order valence-corrected chi connectivity index (χ1v) is 7.94. The molecule has 1 heterocycles. The zero-order chi connectivity index (χ0) is 16.7. The third-order valence-corrected chi connectivity index (χ3v) is 5.03. The summed E-state index contributed by atoms with van der Waals surface area (Å²) in [6.07, 6.45) is 1.78. The van der Waals surface area contributed by atoms with Crippen LogP contribution < -0.4 is 4.74 Å². The fraction of sp³-hybridized carbons (Fsp3) is 0.588. The van der Waals surface area contributed by atoms with Gasteiger partial charge in [-0.2, -0.15) is 8.78 Å². The lowest BCUT2D eigenvalue weighted by Gasteiger charge is -2.43. The van der Waals surface area contributed by atoms with Crippen molar-refractivity contribution in [2.75, 3.05) is 13.7 Å². The Bertz CT molecular complexity index is 601. The molecule has 1 aliphatic carbocycles. The minimum Gasteiger partial charge on any atom is -0.497 e. The quantitative estimate of drug-likeness (QED) is 0.926. The van der Waals surface area contributed by atoms with Crippen LogP contribution in [0.5, 0.6) is 5.75 Å². The molecule has 0 aromatic heterocycles. The molecule has 2 fully saturated rings. The zero-order valence-electron chi connectivity index (χ0n) is 13.1. The molecule has 1 saturated heterocycles. The molecule has 1 aliphatic heterocycles. The van der Waals surface area contributed by atoms with Gasteiger partial charge < -0.3 is 14.7 Å². The molecule has 1 saturated carbocycles. The first-order chi connectivity index (χ1) is 10.9. The number of likely N-dealkylation sites (tertiary alicyclic amines) is 1. The highest BCUT2D eigenvalue weighted by atomic mass is 19.3. The van der Waals surface area contributed by atoms with Gasteiger partial charge in [0, 0.05) is 6.54 Å². The normalized spacial score (nSPS) is 23.5. The molecule has 1 amide bonds. The van der Waals surface area contributed by atoms with Crippen LogP contribution in [-0.2, 0) is 4.79 Å². The fourth-order valence-corrected chi connectivity index (χ4v) is 3.41. The van der Waals surface area contributed by atoms with Crippen LogP contribution in [0, 0.1) is 0 Å². The van der Waals surface area contributed by atoms with Gasteiger partial charge in [-0.1, -0.05) is 12.1 Å². The highest BCUT2D eigenvalue weighted by Gasteiger charge is 2.63. The summed E-state index contributed by atoms with van der Waals surface area (Å²) in [4.78, 5) is 13.6. The molecule has 126 valence electrons. The second-order valence-electron chi connectivity index (χ2n) is 6.39. The average molecular weight is 325 g/mol. The highest BCUT2D eigenvalue weighted by Crippen LogP contribution is 2.47. The number of alkyl halides is 2. The summed E-state index contributed by atoms with van der Waals surface area (Å²) in [5.41, 5.74) is -1.39. The average Bonchev–Trinajstić information content (AvgIpc) is 3.01. The zero-order valence-corrected chi connectivity index (χ0v) is 13.1. The van der Waals surface area contributed by atoms with Crippen molar-refractivity contribution in [2.45, 2.75) is 49.7 Å². The molecule has 6 heteroatoms. The van der Waals surface area contributed by atoms with Crippen LogP contribution in [-0.4, -0.2) is 41.1 Å². The number of nitrogens with zero attached hydrogens (tertiary/aromatic N) is 1. The number of carbonyl (C=O) groups is 1. The number of methoxy groups -OCH3 is 1. The van der Waals surface area contributed by atoms with Crippen LogP contribution in [0.2, 0.25) is 0 Å². The summed E-state index contributed by atoms with van der Waals surface area (Å²) in [6.45, 7) is 0.284. The maximum Gasteiger partial charge on any atom is 0.352 e. The van der Waals surface area contributed by atoms with Crippen molar-refractivity contribution in [3.63, 3.8) is 0 Å². The summed E-state index contributed by atoms with van der Waals surface area (Å²) in [5.74, 6) is -4.36. The van der Waals surface area contributed by atoms with Crippen LogP contribution in [0.4, 0.5) is 8.78 Å². The second-order valence-corrected chi connectivity index (χ2v) is 6.39. The van der Waals surface area contributed by atoms with E-state index < -0.39 is 23.5 Å². The van der Waals surface area contributed by atoms with Crippen molar-refractivity contribution >= 4 is 5.91 Å². The van der Waals surface area contributed by atoms with Gasteiger partial charge in [0.15, 0.2) is 0 Å². The minimum atomic E-state index is -3.73. The van der Waals surface area contributed by atoms with Crippen molar-refractivity contribution in [3.8, 4) is 5.75 Å². The van der Waals surface area contributed by atoms with Crippen LogP contribution in [0.1, 0.15) is 43.7 Å². The summed E-state index contributed by atoms with van der Waals surface area (Å²) in [5, 5.41) is 9.99. The minimum absolute atomic E-state index is 0.0244. The first-order valence-electron chi connectivity index (χ1n) is 7.94. The molecule has 1 aromatic rings. The number of halogens is 2. The number of rotatable bonds is 4. The Labute approximate surface area is 134 Å². The second kappa shape index (κ2) is 5.74. The Morgan fingerprint density at radius 1 is 1.39 bits per heavy atom. The van der Waals surface area contributed by atoms with Crippen LogP contribution in [0.25, 0.3) is 0 Å². The van der Waals surface area contributed by atoms with Crippen molar-refractivity contribution in [3.05, 3.63) is 29.8 Å². The van der Waals surface area contributed by atoms with Crippen LogP contribution in [0.3, 0.4) is 0 Å². The molecule has 1 atom stereocenters. The van der Waals surface area contributed by atoms with E-state index in [1.54, 1.807) is 18.2 Å². The molecule has 3 rings (SSSR count). The largest absolute Gasteiger partial charge is 0.497 e. The molecular weight excluding hydrogens is 304 g/mol. The third kappa shape index (κ3) is 2.59. The van der Waals surface area contributed by atoms with Gasteiger partial charge in [0.25, 0.3) is 5.91 Å². The summed E-state index contributed by atoms with van der Waals surface area (Å²) in [6, 6.07) is 6.75. The molecule has 0 spiro atoms. The Balaban J connectivity index is 1.85. The lowest BCUT2D eigenvalue weighted by molar-refractivity contribution is -0.224. The molecular formula is C17H21F2NO3. The predicted octanol–water partition coefficient (Wildman–Crippen LogP) is 2.91. The SMILES string of the molecule is COc1cccc(C2CCCN2C(=O)C(F)(F)C2(O)CCC2)c1. The Morgan fingerprint density at radius 2 is 2.13 bits per heavy atom. The van der Waals surface area contributed by atoms with Gasteiger partial charge in [-0.15, -0.1) is 0 Å². The maximum atomic E-state index is 14.5. The van der Waals surface area contributed by atoms with E-state index in [1.807, 2.05) is 6.07 Å². The standard InChI is InChI=1S/C17H21F2NO3/c1-23-13-6-2-5-12(11-13)14-7-3-10-20(14)15(21)17(18,19)16(22)8-4-9-16/h2,5-6,11,14,22H,3-4,7-10H2,1H3. The number of hydrogen-bond donors (Lipinski definition) is 1. The number of hydrogen-bond acceptors (Lipinski definition) is 3. The Hall–Kier alpha value is -1.69. The van der Waals surface area contributed by atoms with Gasteiger partial charge in [0.1, 0.15) is 11.4 Å². The van der Waals surface area contributed by atoms with E-state index in [2.05, 4.69) is 0 Å². The van der Waals surface area contributed by atoms with Gasteiger partial charge >= 0.3 is 5.92 Å². The predicted molar refractivity (Wildman–Crippen MR) is 80.4 cm³/mol. The van der Waals surface area contributed by atoms with E-state index in [1.165, 1.54) is 12.0 Å². The van der Waals surface area contributed by atoms with E-state index in [0.717, 1.165) is 5.56 Å². The lowest BCUT2D eigenvalue weighted by Crippen LogP contribution is -2.61. The molecule has 1 N–H and O–H groups in total. The molecule has 1 unspecified atom stereocenters. The van der Waals surface area contributed by atoms with E-state index in [0.29, 0.717) is 25.0 Å². The van der Waals surface area contributed by atoms with Crippen molar-refractivity contribution in [1.82, 2.24) is 4.90 Å². The fourth-order valence-electron chi connectivity index (χ4n) is 3.41. The van der Waals surface area contributed by atoms with Crippen molar-refractivity contribution in [2.24, 2.45) is 0 Å². The number of aliphatic hydroxyl groups is 1. The summed E-state index contributed by atoms with van der Waals surface area (Å²) >= 11 is 0. The Morgan fingerprint density at radius 3 is 2.74 bits per heavy atom. The topological polar surface area (TPSA) is 49.8 Å². The van der Waals surface area contributed by atoms with Gasteiger partial charge in [-0.3, -0.25) is 4.79 Å². The van der Waals surface area contributed by atoms with Gasteiger partial charge in [-0.25, -0.2) is 0 Å². The van der Waals surface area contributed by atoms with Gasteiger partial charge in [0.05, 0.1) is 13.2 Å². The molecule has 1 aromatic carbocycles. The van der Waals surface area contributed by atoms with Crippen molar-refractivity contribution < 1.29 is 23.4 Å². The molecule has 0 radical (unpaired) electrons. The van der Waals surface area contributed by atoms with Crippen molar-refractivity contribution in [1.29, 1.82) is 0 Å². The molecule has 23 heavy (non-hydrogen) atoms. The molecule has 4 nitrogen and oxygen atoms in total. The number of benzene rings is 1. The van der Waals surface area contributed by atoms with Gasteiger partial charge in [0.2, 0.25) is 0 Å². The number of amides is 1. The van der Waals surface area contributed by atoms with Gasteiger partial charge in [-0.05, 0) is 49.8 Å². The molecule has 2 aliphatic rings. The van der Waals surface area contributed by atoms with E-state index >= 15 is 0 Å². The monoisotopic (exact) mass is 325 g/mol.